The van der Waals surface area contributed by atoms with E-state index in [1.54, 1.807) is 0 Å². The molecule has 16 rings (SSSR count). The summed E-state index contributed by atoms with van der Waals surface area (Å²) in [5.74, 6) is 1.28. The predicted octanol–water partition coefficient (Wildman–Crippen LogP) is 16.3. The third-order valence-electron chi connectivity index (χ3n) is 15.6. The van der Waals surface area contributed by atoms with Crippen molar-refractivity contribution < 1.29 is 0 Å². The lowest BCUT2D eigenvalue weighted by Gasteiger charge is -2.21. The monoisotopic (exact) mass is 1040 g/mol. The molecule has 378 valence electrons. The summed E-state index contributed by atoms with van der Waals surface area (Å²) < 4.78 is 6.52. The van der Waals surface area contributed by atoms with Crippen molar-refractivity contribution >= 4 is 115 Å². The first-order valence-electron chi connectivity index (χ1n) is 27.1. The molecule has 9 heteroatoms. The number of pyridine rings is 3. The second-order valence-corrected chi connectivity index (χ2v) is 20.2. The summed E-state index contributed by atoms with van der Waals surface area (Å²) >= 11 is 0. The first-order chi connectivity index (χ1) is 40.2. The van der Waals surface area contributed by atoms with Crippen molar-refractivity contribution in [2.24, 2.45) is 15.0 Å². The molecule has 0 fully saturated rings. The average Bonchev–Trinajstić information content (AvgIpc) is 3.72. The van der Waals surface area contributed by atoms with Gasteiger partial charge < -0.3 is 0 Å². The second kappa shape index (κ2) is 18.8. The molecule has 0 spiro atoms. The SMILES string of the molecule is c1ccc2c(N=c3c4ccccc4n(-c4nc(-n5c6ccccc6c(=Nc6cccc7ccccc67)c6ccccc65)nc(-n5c6ccccc6c(=Nc6cccc7ccccc67)c6ccccc65)n4)c4ccccc34)cccc2c1. The average molecular weight is 1040 g/mol. The van der Waals surface area contributed by atoms with E-state index < -0.39 is 0 Å². The zero-order valence-corrected chi connectivity index (χ0v) is 43.5. The van der Waals surface area contributed by atoms with Gasteiger partial charge in [0.2, 0.25) is 17.8 Å². The van der Waals surface area contributed by atoms with Crippen molar-refractivity contribution in [3.63, 3.8) is 0 Å². The Labute approximate surface area is 463 Å². The Balaban J connectivity index is 1.04. The van der Waals surface area contributed by atoms with E-state index in [9.17, 15) is 0 Å². The van der Waals surface area contributed by atoms with Crippen LogP contribution in [-0.2, 0) is 0 Å². The molecule has 0 radical (unpaired) electrons. The molecule has 81 heavy (non-hydrogen) atoms. The molecule has 4 heterocycles. The van der Waals surface area contributed by atoms with Crippen molar-refractivity contribution in [3.8, 4) is 17.8 Å². The molecule has 9 nitrogen and oxygen atoms in total. The Morgan fingerprint density at radius 2 is 0.395 bits per heavy atom. The molecule has 16 aromatic rings. The molecule has 0 unspecified atom stereocenters. The number of rotatable bonds is 6. The number of fused-ring (bicyclic) bond motifs is 9. The summed E-state index contributed by atoms with van der Waals surface area (Å²) in [6.45, 7) is 0. The molecule has 0 amide bonds. The van der Waals surface area contributed by atoms with E-state index >= 15 is 0 Å². The topological polar surface area (TPSA) is 90.5 Å². The minimum Gasteiger partial charge on any atom is -0.278 e. The van der Waals surface area contributed by atoms with Gasteiger partial charge >= 0.3 is 0 Å². The fraction of sp³-hybridized carbons (Fsp3) is 0. The maximum Gasteiger partial charge on any atom is 0.241 e. The standard InChI is InChI=1S/C72H45N9/c1-4-28-49-46(22-1)25-19-37-58(49)73-67-52-31-7-13-40-61(52)79(62-41-14-8-32-53(62)67)70-76-71(80-63-42-15-9-33-54(63)68(55-34-10-16-43-64(55)80)74-59-38-20-26-47-23-2-5-29-50(47)59)78-72(77-70)81-65-44-17-11-35-56(65)69(57-36-12-18-45-66(57)81)75-60-39-21-27-48-24-3-6-30-51(48)60/h1-45H. The molecule has 0 saturated carbocycles. The van der Waals surface area contributed by atoms with Gasteiger partial charge in [-0.15, -0.1) is 0 Å². The van der Waals surface area contributed by atoms with E-state index in [0.29, 0.717) is 17.8 Å². The van der Waals surface area contributed by atoms with Crippen LogP contribution in [0, 0.1) is 0 Å². The molecule has 0 aliphatic heterocycles. The highest BCUT2D eigenvalue weighted by Crippen LogP contribution is 2.33. The van der Waals surface area contributed by atoms with Gasteiger partial charge in [0.1, 0.15) is 0 Å². The molecule has 0 saturated heterocycles. The van der Waals surface area contributed by atoms with Gasteiger partial charge in [0.25, 0.3) is 0 Å². The highest BCUT2D eigenvalue weighted by Gasteiger charge is 2.22. The van der Waals surface area contributed by atoms with Crippen LogP contribution in [0.3, 0.4) is 0 Å². The van der Waals surface area contributed by atoms with Gasteiger partial charge in [-0.3, -0.25) is 13.7 Å². The number of hydrogen-bond acceptors (Lipinski definition) is 6. The van der Waals surface area contributed by atoms with E-state index in [0.717, 1.165) is 131 Å². The Hall–Kier alpha value is -11.2. The van der Waals surface area contributed by atoms with Crippen molar-refractivity contribution in [1.82, 2.24) is 28.7 Å². The second-order valence-electron chi connectivity index (χ2n) is 20.2. The van der Waals surface area contributed by atoms with Crippen LogP contribution in [0.1, 0.15) is 0 Å². The van der Waals surface area contributed by atoms with E-state index in [-0.39, 0.29) is 0 Å². The third kappa shape index (κ3) is 7.55. The van der Waals surface area contributed by atoms with Crippen LogP contribution in [0.4, 0.5) is 17.1 Å². The van der Waals surface area contributed by atoms with Crippen molar-refractivity contribution in [2.75, 3.05) is 0 Å². The first kappa shape index (κ1) is 46.0. The van der Waals surface area contributed by atoms with Gasteiger partial charge in [-0.1, -0.05) is 218 Å². The molecule has 0 aliphatic rings. The fourth-order valence-corrected chi connectivity index (χ4v) is 12.0. The summed E-state index contributed by atoms with van der Waals surface area (Å²) in [6.07, 6.45) is 0. The maximum atomic E-state index is 5.68. The Kier molecular flexibility index (Phi) is 10.7. The quantitative estimate of drug-likeness (QED) is 0.155. The van der Waals surface area contributed by atoms with Crippen LogP contribution in [-0.4, -0.2) is 28.7 Å². The van der Waals surface area contributed by atoms with Crippen molar-refractivity contribution in [3.05, 3.63) is 289 Å². The van der Waals surface area contributed by atoms with Crippen LogP contribution >= 0.6 is 0 Å². The van der Waals surface area contributed by atoms with E-state index in [2.05, 4.69) is 287 Å². The lowest BCUT2D eigenvalue weighted by atomic mass is 10.1. The zero-order chi connectivity index (χ0) is 53.4. The molecule has 0 atom stereocenters. The molecular formula is C72H45N9. The number of nitrogens with zero attached hydrogens (tertiary/aromatic N) is 9. The van der Waals surface area contributed by atoms with Gasteiger partial charge in [-0.05, 0) is 70.8 Å². The normalized spacial score (nSPS) is 11.7. The number of para-hydroxylation sites is 6. The molecule has 12 aromatic carbocycles. The molecular weight excluding hydrogens is 991 g/mol. The smallest absolute Gasteiger partial charge is 0.241 e. The number of hydrogen-bond donors (Lipinski definition) is 0. The van der Waals surface area contributed by atoms with Crippen LogP contribution < -0.4 is 16.1 Å². The first-order valence-corrected chi connectivity index (χ1v) is 27.1. The van der Waals surface area contributed by atoms with Crippen LogP contribution in [0.5, 0.6) is 0 Å². The summed E-state index contributed by atoms with van der Waals surface area (Å²) in [5, 5.41) is 14.9. The minimum absolute atomic E-state index is 0.425. The highest BCUT2D eigenvalue weighted by atomic mass is 15.3. The molecule has 0 N–H and O–H groups in total. The van der Waals surface area contributed by atoms with Gasteiger partial charge in [-0.2, -0.15) is 15.0 Å². The van der Waals surface area contributed by atoms with E-state index in [1.165, 1.54) is 0 Å². The Morgan fingerprint density at radius 3 is 0.642 bits per heavy atom. The fourth-order valence-electron chi connectivity index (χ4n) is 12.0. The lowest BCUT2D eigenvalue weighted by molar-refractivity contribution is 0.843. The summed E-state index contributed by atoms with van der Waals surface area (Å²) in [6, 6.07) is 94.7. The molecule has 4 aromatic heterocycles. The largest absolute Gasteiger partial charge is 0.278 e. The minimum atomic E-state index is 0.425. The third-order valence-corrected chi connectivity index (χ3v) is 15.6. The zero-order valence-electron chi connectivity index (χ0n) is 43.5. The predicted molar refractivity (Wildman–Crippen MR) is 330 cm³/mol. The van der Waals surface area contributed by atoms with Crippen LogP contribution in [0.2, 0.25) is 0 Å². The number of aromatic nitrogens is 6. The van der Waals surface area contributed by atoms with Gasteiger partial charge in [-0.25, -0.2) is 15.0 Å². The molecule has 0 bridgehead atoms. The van der Waals surface area contributed by atoms with Crippen molar-refractivity contribution in [1.29, 1.82) is 0 Å². The summed E-state index contributed by atoms with van der Waals surface area (Å²) in [7, 11) is 0. The summed E-state index contributed by atoms with van der Waals surface area (Å²) in [5.41, 5.74) is 7.96. The van der Waals surface area contributed by atoms with Gasteiger partial charge in [0.05, 0.1) is 66.2 Å². The van der Waals surface area contributed by atoms with Gasteiger partial charge in [0.15, 0.2) is 0 Å². The van der Waals surface area contributed by atoms with Gasteiger partial charge in [0, 0.05) is 48.5 Å². The highest BCUT2D eigenvalue weighted by molar-refractivity contribution is 6.01. The van der Waals surface area contributed by atoms with Crippen molar-refractivity contribution in [2.45, 2.75) is 0 Å². The van der Waals surface area contributed by atoms with Crippen LogP contribution in [0.15, 0.2) is 288 Å². The maximum absolute atomic E-state index is 5.68. The van der Waals surface area contributed by atoms with E-state index in [1.807, 2.05) is 0 Å². The number of benzene rings is 12. The van der Waals surface area contributed by atoms with E-state index in [4.69, 9.17) is 29.9 Å². The lowest BCUT2D eigenvalue weighted by Crippen LogP contribution is -2.20. The summed E-state index contributed by atoms with van der Waals surface area (Å²) in [4.78, 5) is 33.7. The Bertz CT molecular complexity index is 4770. The Morgan fingerprint density at radius 1 is 0.198 bits per heavy atom. The molecule has 0 aliphatic carbocycles. The van der Waals surface area contributed by atoms with Crippen LogP contribution in [0.25, 0.3) is 116 Å².